The average molecular weight is 404 g/mol. The van der Waals surface area contributed by atoms with Crippen LogP contribution in [0.3, 0.4) is 0 Å². The molecule has 7 nitrogen and oxygen atoms in total. The Labute approximate surface area is 174 Å². The minimum absolute atomic E-state index is 0.162. The third-order valence-corrected chi connectivity index (χ3v) is 5.76. The van der Waals surface area contributed by atoms with E-state index < -0.39 is 5.91 Å². The summed E-state index contributed by atoms with van der Waals surface area (Å²) in [4.78, 5) is 38.8. The number of hydrogen-bond donors (Lipinski definition) is 2. The molecule has 7 heteroatoms. The highest BCUT2D eigenvalue weighted by molar-refractivity contribution is 6.02. The van der Waals surface area contributed by atoms with Gasteiger partial charge in [0.25, 0.3) is 11.8 Å². The van der Waals surface area contributed by atoms with Gasteiger partial charge in [-0.25, -0.2) is 0 Å². The average Bonchev–Trinajstić information content (AvgIpc) is 3.17. The zero-order valence-corrected chi connectivity index (χ0v) is 17.2. The van der Waals surface area contributed by atoms with Gasteiger partial charge in [-0.2, -0.15) is 0 Å². The van der Waals surface area contributed by atoms with Gasteiger partial charge in [0.2, 0.25) is 5.91 Å². The number of carbonyl (C=O) groups is 3. The molecule has 3 aromatic rings. The molecule has 0 spiro atoms. The van der Waals surface area contributed by atoms with Crippen LogP contribution in [-0.2, 0) is 16.6 Å². The third-order valence-electron chi connectivity index (χ3n) is 5.76. The quantitative estimate of drug-likeness (QED) is 0.656. The van der Waals surface area contributed by atoms with Crippen LogP contribution in [0.15, 0.2) is 48.5 Å². The van der Waals surface area contributed by atoms with Crippen molar-refractivity contribution < 1.29 is 14.4 Å². The first-order chi connectivity index (χ1) is 14.4. The number of fused-ring (bicyclic) bond motifs is 2. The number of aryl methyl sites for hydroxylation is 1. The van der Waals surface area contributed by atoms with Crippen molar-refractivity contribution in [2.45, 2.75) is 26.3 Å². The molecule has 30 heavy (non-hydrogen) atoms. The van der Waals surface area contributed by atoms with Gasteiger partial charge in [0.1, 0.15) is 6.54 Å². The first kappa shape index (κ1) is 19.7. The summed E-state index contributed by atoms with van der Waals surface area (Å²) in [7, 11) is 2.00. The van der Waals surface area contributed by atoms with Crippen LogP contribution in [0.1, 0.15) is 46.6 Å². The molecule has 1 unspecified atom stereocenters. The molecule has 4 rings (SSSR count). The summed E-state index contributed by atoms with van der Waals surface area (Å²) < 4.78 is 2.11. The Bertz CT molecular complexity index is 1160. The number of hydrogen-bond acceptors (Lipinski definition) is 3. The van der Waals surface area contributed by atoms with Gasteiger partial charge in [-0.1, -0.05) is 43.3 Å². The standard InChI is InChI=1S/C23H24N4O3/c1-4-19(28)24-25-20(29)13-27-22(15-9-5-6-10-16(15)23(27)30)21-14(2)26(3)18-12-8-7-11-17(18)21/h5-12,22H,4,13H2,1-3H3,(H,24,28)(H,25,29). The summed E-state index contributed by atoms with van der Waals surface area (Å²) in [5, 5.41) is 1.05. The zero-order chi connectivity index (χ0) is 21.4. The molecule has 0 fully saturated rings. The van der Waals surface area contributed by atoms with Gasteiger partial charge in [0, 0.05) is 41.2 Å². The van der Waals surface area contributed by atoms with E-state index in [9.17, 15) is 14.4 Å². The van der Waals surface area contributed by atoms with E-state index in [4.69, 9.17) is 0 Å². The second kappa shape index (κ2) is 7.67. The highest BCUT2D eigenvalue weighted by Crippen LogP contribution is 2.43. The Hall–Kier alpha value is -3.61. The zero-order valence-electron chi connectivity index (χ0n) is 17.2. The van der Waals surface area contributed by atoms with E-state index in [-0.39, 0.29) is 30.8 Å². The van der Waals surface area contributed by atoms with Crippen LogP contribution >= 0.6 is 0 Å². The lowest BCUT2D eigenvalue weighted by Gasteiger charge is -2.26. The van der Waals surface area contributed by atoms with Crippen LogP contribution in [0.25, 0.3) is 10.9 Å². The SMILES string of the molecule is CCC(=O)NNC(=O)CN1C(=O)c2ccccc2C1c1c(C)n(C)c2ccccc12. The number of aromatic nitrogens is 1. The van der Waals surface area contributed by atoms with Crippen molar-refractivity contribution in [3.05, 3.63) is 70.9 Å². The summed E-state index contributed by atoms with van der Waals surface area (Å²) in [5.41, 5.74) is 9.36. The fourth-order valence-corrected chi connectivity index (χ4v) is 4.16. The Morgan fingerprint density at radius 3 is 2.43 bits per heavy atom. The molecule has 2 N–H and O–H groups in total. The smallest absolute Gasteiger partial charge is 0.258 e. The normalized spacial score (nSPS) is 15.4. The van der Waals surface area contributed by atoms with Gasteiger partial charge in [-0.15, -0.1) is 0 Å². The van der Waals surface area contributed by atoms with E-state index in [2.05, 4.69) is 15.4 Å². The van der Waals surface area contributed by atoms with E-state index in [0.29, 0.717) is 5.56 Å². The molecule has 0 radical (unpaired) electrons. The predicted molar refractivity (Wildman–Crippen MR) is 114 cm³/mol. The molecule has 1 aliphatic rings. The lowest BCUT2D eigenvalue weighted by Crippen LogP contribution is -2.47. The van der Waals surface area contributed by atoms with Gasteiger partial charge in [-0.3, -0.25) is 25.2 Å². The Kier molecular flexibility index (Phi) is 5.03. The number of benzene rings is 2. The maximum Gasteiger partial charge on any atom is 0.258 e. The maximum absolute atomic E-state index is 13.2. The van der Waals surface area contributed by atoms with Crippen LogP contribution in [0.2, 0.25) is 0 Å². The van der Waals surface area contributed by atoms with Gasteiger partial charge in [-0.05, 0) is 24.6 Å². The number of hydrazine groups is 1. The molecule has 2 heterocycles. The van der Waals surface area contributed by atoms with Crippen molar-refractivity contribution in [3.8, 4) is 0 Å². The number of amides is 3. The van der Waals surface area contributed by atoms with E-state index in [0.717, 1.165) is 27.7 Å². The van der Waals surface area contributed by atoms with E-state index >= 15 is 0 Å². The van der Waals surface area contributed by atoms with Crippen LogP contribution in [-0.4, -0.2) is 33.7 Å². The fourth-order valence-electron chi connectivity index (χ4n) is 4.16. The van der Waals surface area contributed by atoms with Crippen molar-refractivity contribution in [3.63, 3.8) is 0 Å². The number of rotatable bonds is 4. The fraction of sp³-hybridized carbons (Fsp3) is 0.261. The van der Waals surface area contributed by atoms with Crippen molar-refractivity contribution in [2.24, 2.45) is 7.05 Å². The molecule has 1 aliphatic heterocycles. The second-order valence-electron chi connectivity index (χ2n) is 7.45. The number of para-hydroxylation sites is 1. The summed E-state index contributed by atoms with van der Waals surface area (Å²) in [6.07, 6.45) is 0.256. The van der Waals surface area contributed by atoms with Gasteiger partial charge in [0.05, 0.1) is 6.04 Å². The molecule has 1 aromatic heterocycles. The Morgan fingerprint density at radius 1 is 1.00 bits per heavy atom. The summed E-state index contributed by atoms with van der Waals surface area (Å²) >= 11 is 0. The molecule has 3 amide bonds. The monoisotopic (exact) mass is 404 g/mol. The van der Waals surface area contributed by atoms with E-state index in [1.807, 2.05) is 56.4 Å². The topological polar surface area (TPSA) is 83.4 Å². The van der Waals surface area contributed by atoms with Crippen LogP contribution in [0.5, 0.6) is 0 Å². The van der Waals surface area contributed by atoms with Crippen molar-refractivity contribution in [1.29, 1.82) is 0 Å². The minimum atomic E-state index is -0.444. The second-order valence-corrected chi connectivity index (χ2v) is 7.45. The van der Waals surface area contributed by atoms with Gasteiger partial charge in [0.15, 0.2) is 0 Å². The third kappa shape index (κ3) is 3.12. The lowest BCUT2D eigenvalue weighted by molar-refractivity contribution is -0.129. The van der Waals surface area contributed by atoms with Crippen LogP contribution in [0, 0.1) is 6.92 Å². The minimum Gasteiger partial charge on any atom is -0.348 e. The number of nitrogens with zero attached hydrogens (tertiary/aromatic N) is 2. The number of nitrogens with one attached hydrogen (secondary N) is 2. The Balaban J connectivity index is 1.78. The predicted octanol–water partition coefficient (Wildman–Crippen LogP) is 2.59. The maximum atomic E-state index is 13.2. The van der Waals surface area contributed by atoms with Gasteiger partial charge >= 0.3 is 0 Å². The van der Waals surface area contributed by atoms with E-state index in [1.165, 1.54) is 0 Å². The highest BCUT2D eigenvalue weighted by Gasteiger charge is 2.40. The highest BCUT2D eigenvalue weighted by atomic mass is 16.2. The van der Waals surface area contributed by atoms with Crippen LogP contribution < -0.4 is 10.9 Å². The molecule has 0 bridgehead atoms. The van der Waals surface area contributed by atoms with Crippen molar-refractivity contribution in [2.75, 3.05) is 6.54 Å². The molecule has 0 saturated carbocycles. The first-order valence-electron chi connectivity index (χ1n) is 9.95. The lowest BCUT2D eigenvalue weighted by atomic mass is 9.95. The van der Waals surface area contributed by atoms with Crippen molar-refractivity contribution >= 4 is 28.6 Å². The van der Waals surface area contributed by atoms with Crippen molar-refractivity contribution in [1.82, 2.24) is 20.3 Å². The first-order valence-corrected chi connectivity index (χ1v) is 9.95. The molecule has 1 atom stereocenters. The summed E-state index contributed by atoms with van der Waals surface area (Å²) in [5.74, 6) is -0.929. The number of carbonyl (C=O) groups excluding carboxylic acids is 3. The summed E-state index contributed by atoms with van der Waals surface area (Å²) in [6.45, 7) is 3.56. The molecular weight excluding hydrogens is 380 g/mol. The van der Waals surface area contributed by atoms with Gasteiger partial charge < -0.3 is 9.47 Å². The largest absolute Gasteiger partial charge is 0.348 e. The molecule has 0 aliphatic carbocycles. The molecule has 0 saturated heterocycles. The molecule has 154 valence electrons. The Morgan fingerprint density at radius 2 is 1.67 bits per heavy atom. The molecular formula is C23H24N4O3. The van der Waals surface area contributed by atoms with Crippen LogP contribution in [0.4, 0.5) is 0 Å². The van der Waals surface area contributed by atoms with E-state index in [1.54, 1.807) is 17.9 Å². The summed E-state index contributed by atoms with van der Waals surface area (Å²) in [6, 6.07) is 15.1. The molecule has 2 aromatic carbocycles.